The third kappa shape index (κ3) is 5.69. The molecule has 0 saturated heterocycles. The molecule has 0 radical (unpaired) electrons. The minimum Gasteiger partial charge on any atom is -0.316 e. The van der Waals surface area contributed by atoms with E-state index in [1.165, 1.54) is 63.4 Å². The van der Waals surface area contributed by atoms with Gasteiger partial charge < -0.3 is 5.32 Å². The van der Waals surface area contributed by atoms with Gasteiger partial charge in [0.15, 0.2) is 0 Å². The van der Waals surface area contributed by atoms with E-state index < -0.39 is 0 Å². The lowest BCUT2D eigenvalue weighted by molar-refractivity contribution is 0.301. The molecule has 0 aliphatic heterocycles. The maximum Gasteiger partial charge on any atom is 0.00313 e. The Morgan fingerprint density at radius 3 is 2.46 bits per heavy atom. The monoisotopic (exact) mass is 247 g/mol. The summed E-state index contributed by atoms with van der Waals surface area (Å²) in [6.45, 7) is 2.51. The van der Waals surface area contributed by atoms with Crippen molar-refractivity contribution in [1.82, 2.24) is 5.32 Å². The first-order valence-corrected chi connectivity index (χ1v) is 6.82. The zero-order valence-corrected chi connectivity index (χ0v) is 10.1. The fourth-order valence-corrected chi connectivity index (χ4v) is 2.10. The summed E-state index contributed by atoms with van der Waals surface area (Å²) in [5.41, 5.74) is 0. The van der Waals surface area contributed by atoms with Crippen molar-refractivity contribution in [3.05, 3.63) is 0 Å². The molecule has 1 N–H and O–H groups in total. The molecule has 0 amide bonds. The number of halogens is 1. The van der Waals surface area contributed by atoms with Crippen LogP contribution in [0.15, 0.2) is 0 Å². The molecule has 0 atom stereocenters. The minimum absolute atomic E-state index is 1.02. The summed E-state index contributed by atoms with van der Waals surface area (Å²) in [6, 6.07) is 0. The highest BCUT2D eigenvalue weighted by Crippen LogP contribution is 2.24. The minimum atomic E-state index is 1.02. The molecule has 0 aromatic carbocycles. The normalized spacial score (nSPS) is 17.3. The summed E-state index contributed by atoms with van der Waals surface area (Å²) in [5.74, 6) is 1.02. The topological polar surface area (TPSA) is 12.0 Å². The number of alkyl halides is 1. The van der Waals surface area contributed by atoms with Crippen LogP contribution in [0.3, 0.4) is 0 Å². The molecule has 1 saturated carbocycles. The molecule has 1 aliphatic carbocycles. The molecule has 2 heteroatoms. The molecular weight excluding hydrogens is 226 g/mol. The molecule has 0 heterocycles. The molecule has 1 rings (SSSR count). The summed E-state index contributed by atoms with van der Waals surface area (Å²) in [4.78, 5) is 0. The van der Waals surface area contributed by atoms with Crippen LogP contribution in [-0.2, 0) is 0 Å². The average Bonchev–Trinajstić information content (AvgIpc) is 2.07. The average molecular weight is 248 g/mol. The van der Waals surface area contributed by atoms with Crippen molar-refractivity contribution in [2.24, 2.45) is 5.92 Å². The molecule has 0 spiro atoms. The Balaban J connectivity index is 1.68. The molecule has 1 aliphatic rings. The predicted molar refractivity (Wildman–Crippen MR) is 62.5 cm³/mol. The van der Waals surface area contributed by atoms with E-state index in [2.05, 4.69) is 21.2 Å². The van der Waals surface area contributed by atoms with E-state index in [-0.39, 0.29) is 0 Å². The van der Waals surface area contributed by atoms with E-state index in [0.717, 1.165) is 5.92 Å². The van der Waals surface area contributed by atoms with Crippen molar-refractivity contribution in [3.63, 3.8) is 0 Å². The zero-order valence-electron chi connectivity index (χ0n) is 8.53. The van der Waals surface area contributed by atoms with Gasteiger partial charge in [-0.1, -0.05) is 35.2 Å². The van der Waals surface area contributed by atoms with Crippen molar-refractivity contribution in [2.75, 3.05) is 18.4 Å². The molecule has 0 aromatic heterocycles. The second-order valence-electron chi connectivity index (χ2n) is 4.10. The predicted octanol–water partition coefficient (Wildman–Crippen LogP) is 3.33. The van der Waals surface area contributed by atoms with Crippen LogP contribution in [0.5, 0.6) is 0 Å². The van der Waals surface area contributed by atoms with Gasteiger partial charge in [0.1, 0.15) is 0 Å². The lowest BCUT2D eigenvalue weighted by Gasteiger charge is -2.25. The fourth-order valence-electron chi connectivity index (χ4n) is 1.70. The number of hydrogen-bond donors (Lipinski definition) is 1. The van der Waals surface area contributed by atoms with Crippen LogP contribution in [0.4, 0.5) is 0 Å². The third-order valence-electron chi connectivity index (χ3n) is 2.89. The highest BCUT2D eigenvalue weighted by molar-refractivity contribution is 9.09. The smallest absolute Gasteiger partial charge is 0.00313 e. The Morgan fingerprint density at radius 1 is 1.08 bits per heavy atom. The van der Waals surface area contributed by atoms with Gasteiger partial charge in [-0.05, 0) is 44.7 Å². The summed E-state index contributed by atoms with van der Waals surface area (Å²) < 4.78 is 0. The summed E-state index contributed by atoms with van der Waals surface area (Å²) >= 11 is 3.45. The van der Waals surface area contributed by atoms with E-state index >= 15 is 0 Å². The van der Waals surface area contributed by atoms with Crippen molar-refractivity contribution >= 4 is 15.9 Å². The molecule has 1 nitrogen and oxygen atoms in total. The van der Waals surface area contributed by atoms with Gasteiger partial charge in [0.2, 0.25) is 0 Å². The van der Waals surface area contributed by atoms with E-state index in [9.17, 15) is 0 Å². The highest BCUT2D eigenvalue weighted by Gasteiger charge is 2.15. The molecule has 0 aromatic rings. The van der Waals surface area contributed by atoms with Crippen LogP contribution in [0.25, 0.3) is 0 Å². The van der Waals surface area contributed by atoms with Gasteiger partial charge in [-0.25, -0.2) is 0 Å². The maximum atomic E-state index is 3.55. The van der Waals surface area contributed by atoms with E-state index in [4.69, 9.17) is 0 Å². The summed E-state index contributed by atoms with van der Waals surface area (Å²) in [5, 5.41) is 4.72. The van der Waals surface area contributed by atoms with Crippen LogP contribution in [-0.4, -0.2) is 18.4 Å². The zero-order chi connectivity index (χ0) is 9.36. The lowest BCUT2D eigenvalue weighted by Crippen LogP contribution is -2.27. The lowest BCUT2D eigenvalue weighted by atomic mass is 9.85. The molecule has 0 unspecified atom stereocenters. The van der Waals surface area contributed by atoms with Gasteiger partial charge in [-0.15, -0.1) is 0 Å². The van der Waals surface area contributed by atoms with Crippen molar-refractivity contribution in [2.45, 2.75) is 44.9 Å². The standard InChI is InChI=1S/C11H22BrN/c12-8-3-1-2-4-9-13-10-11-6-5-7-11/h11,13H,1-10H2. The van der Waals surface area contributed by atoms with E-state index in [1.54, 1.807) is 0 Å². The summed E-state index contributed by atoms with van der Waals surface area (Å²) in [6.07, 6.45) is 9.88. The molecule has 0 bridgehead atoms. The maximum absolute atomic E-state index is 3.55. The molecular formula is C11H22BrN. The van der Waals surface area contributed by atoms with Gasteiger partial charge in [0.05, 0.1) is 0 Å². The van der Waals surface area contributed by atoms with Crippen molar-refractivity contribution < 1.29 is 0 Å². The summed E-state index contributed by atoms with van der Waals surface area (Å²) in [7, 11) is 0. The van der Waals surface area contributed by atoms with Crippen LogP contribution in [0.2, 0.25) is 0 Å². The van der Waals surface area contributed by atoms with Crippen LogP contribution < -0.4 is 5.32 Å². The first-order valence-electron chi connectivity index (χ1n) is 5.70. The Kier molecular flexibility index (Phi) is 6.92. The van der Waals surface area contributed by atoms with Crippen molar-refractivity contribution in [3.8, 4) is 0 Å². The number of nitrogens with one attached hydrogen (secondary N) is 1. The Bertz CT molecular complexity index is 113. The van der Waals surface area contributed by atoms with E-state index in [1.807, 2.05) is 0 Å². The van der Waals surface area contributed by atoms with Gasteiger partial charge >= 0.3 is 0 Å². The van der Waals surface area contributed by atoms with Gasteiger partial charge in [-0.3, -0.25) is 0 Å². The van der Waals surface area contributed by atoms with E-state index in [0.29, 0.717) is 0 Å². The van der Waals surface area contributed by atoms with Crippen LogP contribution >= 0.6 is 15.9 Å². The Labute approximate surface area is 90.8 Å². The van der Waals surface area contributed by atoms with Crippen molar-refractivity contribution in [1.29, 1.82) is 0 Å². The number of unbranched alkanes of at least 4 members (excludes halogenated alkanes) is 3. The Hall–Kier alpha value is 0.440. The third-order valence-corrected chi connectivity index (χ3v) is 3.46. The molecule has 13 heavy (non-hydrogen) atoms. The van der Waals surface area contributed by atoms with Gasteiger partial charge in [0.25, 0.3) is 0 Å². The van der Waals surface area contributed by atoms with Gasteiger partial charge in [-0.2, -0.15) is 0 Å². The number of hydrogen-bond acceptors (Lipinski definition) is 1. The van der Waals surface area contributed by atoms with Gasteiger partial charge in [0, 0.05) is 5.33 Å². The number of rotatable bonds is 8. The largest absolute Gasteiger partial charge is 0.316 e. The molecule has 78 valence electrons. The van der Waals surface area contributed by atoms with Crippen LogP contribution in [0, 0.1) is 5.92 Å². The fraction of sp³-hybridized carbons (Fsp3) is 1.00. The SMILES string of the molecule is BrCCCCCCNCC1CCC1. The molecule has 1 fully saturated rings. The first kappa shape index (κ1) is 11.5. The van der Waals surface area contributed by atoms with Crippen LogP contribution in [0.1, 0.15) is 44.9 Å². The first-order chi connectivity index (χ1) is 6.43. The quantitative estimate of drug-likeness (QED) is 0.513. The second-order valence-corrected chi connectivity index (χ2v) is 4.90. The Morgan fingerprint density at radius 2 is 1.85 bits per heavy atom. The highest BCUT2D eigenvalue weighted by atomic mass is 79.9. The second kappa shape index (κ2) is 7.81.